The smallest absolute Gasteiger partial charge is 0.272 e. The van der Waals surface area contributed by atoms with Crippen molar-refractivity contribution < 1.29 is 18.8 Å². The molecular formula is C36H27FIN3O3S. The molecule has 224 valence electrons. The van der Waals surface area contributed by atoms with Gasteiger partial charge in [0.1, 0.15) is 16.8 Å². The SMILES string of the molecule is O=C(Nc1cccc(SC(C(=O)Nc2ccc(I)cc2)c2ccccc2)c1)/C(=C/c1ccc(F)cc1)NC(=O)c1ccccc1. The van der Waals surface area contributed by atoms with Gasteiger partial charge >= 0.3 is 0 Å². The maximum absolute atomic E-state index is 13.5. The molecule has 0 aliphatic heterocycles. The Morgan fingerprint density at radius 3 is 2.07 bits per heavy atom. The van der Waals surface area contributed by atoms with Crippen LogP contribution in [0.15, 0.2) is 144 Å². The molecule has 0 aliphatic carbocycles. The number of amides is 3. The number of thioether (sulfide) groups is 1. The van der Waals surface area contributed by atoms with Crippen molar-refractivity contribution in [2.75, 3.05) is 10.6 Å². The minimum Gasteiger partial charge on any atom is -0.325 e. The van der Waals surface area contributed by atoms with E-state index in [2.05, 4.69) is 38.5 Å². The van der Waals surface area contributed by atoms with Crippen LogP contribution in [0.25, 0.3) is 6.08 Å². The summed E-state index contributed by atoms with van der Waals surface area (Å²) in [7, 11) is 0. The van der Waals surface area contributed by atoms with Gasteiger partial charge in [-0.3, -0.25) is 14.4 Å². The molecule has 1 unspecified atom stereocenters. The standard InChI is InChI=1S/C36H27FIN3O3S/c37-27-16-14-24(15-17-27)22-32(41-34(42)26-10-5-2-6-11-26)35(43)40-30-12-7-13-31(23-30)45-33(25-8-3-1-4-9-25)36(44)39-29-20-18-28(38)19-21-29/h1-23,33H,(H,39,44)(H,40,43)(H,41,42)/b32-22-. The van der Waals surface area contributed by atoms with E-state index in [1.165, 1.54) is 42.1 Å². The Morgan fingerprint density at radius 1 is 0.711 bits per heavy atom. The molecule has 0 bridgehead atoms. The number of hydrogen-bond acceptors (Lipinski definition) is 4. The number of carbonyl (C=O) groups excluding carboxylic acids is 3. The maximum Gasteiger partial charge on any atom is 0.272 e. The zero-order chi connectivity index (χ0) is 31.6. The largest absolute Gasteiger partial charge is 0.325 e. The topological polar surface area (TPSA) is 87.3 Å². The van der Waals surface area contributed by atoms with Crippen LogP contribution in [0, 0.1) is 9.39 Å². The van der Waals surface area contributed by atoms with Crippen LogP contribution in [0.1, 0.15) is 26.7 Å². The summed E-state index contributed by atoms with van der Waals surface area (Å²) >= 11 is 3.56. The molecule has 9 heteroatoms. The van der Waals surface area contributed by atoms with Gasteiger partial charge in [-0.05, 0) is 107 Å². The van der Waals surface area contributed by atoms with Gasteiger partial charge in [-0.25, -0.2) is 4.39 Å². The Kier molecular flexibility index (Phi) is 10.8. The lowest BCUT2D eigenvalue weighted by molar-refractivity contribution is -0.116. The predicted octanol–water partition coefficient (Wildman–Crippen LogP) is 8.31. The molecule has 5 aromatic rings. The fraction of sp³-hybridized carbons (Fsp3) is 0.0278. The van der Waals surface area contributed by atoms with Crippen LogP contribution in [-0.2, 0) is 9.59 Å². The van der Waals surface area contributed by atoms with E-state index in [0.717, 1.165) is 14.0 Å². The van der Waals surface area contributed by atoms with Crippen molar-refractivity contribution in [3.05, 3.63) is 165 Å². The molecule has 0 aromatic heterocycles. The molecule has 3 amide bonds. The molecule has 0 saturated heterocycles. The van der Waals surface area contributed by atoms with Crippen LogP contribution in [0.5, 0.6) is 0 Å². The monoisotopic (exact) mass is 727 g/mol. The lowest BCUT2D eigenvalue weighted by Gasteiger charge is -2.18. The van der Waals surface area contributed by atoms with E-state index in [-0.39, 0.29) is 11.6 Å². The van der Waals surface area contributed by atoms with Gasteiger partial charge in [0, 0.05) is 25.4 Å². The Labute approximate surface area is 278 Å². The summed E-state index contributed by atoms with van der Waals surface area (Å²) in [4.78, 5) is 40.7. The first-order chi connectivity index (χ1) is 21.8. The van der Waals surface area contributed by atoms with Crippen LogP contribution in [0.2, 0.25) is 0 Å². The first kappa shape index (κ1) is 31.7. The van der Waals surface area contributed by atoms with E-state index < -0.39 is 22.9 Å². The van der Waals surface area contributed by atoms with Crippen LogP contribution < -0.4 is 16.0 Å². The Hall–Kier alpha value is -4.74. The highest BCUT2D eigenvalue weighted by atomic mass is 127. The van der Waals surface area contributed by atoms with Crippen LogP contribution in [0.4, 0.5) is 15.8 Å². The van der Waals surface area contributed by atoms with Gasteiger partial charge in [0.05, 0.1) is 0 Å². The summed E-state index contributed by atoms with van der Waals surface area (Å²) < 4.78 is 14.6. The lowest BCUT2D eigenvalue weighted by Crippen LogP contribution is -2.30. The zero-order valence-electron chi connectivity index (χ0n) is 23.7. The molecular weight excluding hydrogens is 700 g/mol. The quantitative estimate of drug-likeness (QED) is 0.0768. The molecule has 0 fully saturated rings. The van der Waals surface area contributed by atoms with Gasteiger partial charge in [0.15, 0.2) is 0 Å². The first-order valence-electron chi connectivity index (χ1n) is 13.9. The second-order valence-corrected chi connectivity index (χ2v) is 12.2. The second-order valence-electron chi connectivity index (χ2n) is 9.82. The van der Waals surface area contributed by atoms with E-state index in [4.69, 9.17) is 0 Å². The minimum atomic E-state index is -0.574. The molecule has 0 radical (unpaired) electrons. The van der Waals surface area contributed by atoms with Gasteiger partial charge in [-0.15, -0.1) is 11.8 Å². The second kappa shape index (κ2) is 15.3. The molecule has 45 heavy (non-hydrogen) atoms. The van der Waals surface area contributed by atoms with Crippen molar-refractivity contribution in [2.45, 2.75) is 10.1 Å². The molecule has 5 aromatic carbocycles. The molecule has 5 rings (SSSR count). The highest BCUT2D eigenvalue weighted by Gasteiger charge is 2.23. The highest BCUT2D eigenvalue weighted by molar-refractivity contribution is 14.1. The van der Waals surface area contributed by atoms with Crippen LogP contribution in [0.3, 0.4) is 0 Å². The highest BCUT2D eigenvalue weighted by Crippen LogP contribution is 2.37. The van der Waals surface area contributed by atoms with Gasteiger partial charge in [-0.1, -0.05) is 66.7 Å². The molecule has 0 heterocycles. The number of anilines is 2. The van der Waals surface area contributed by atoms with E-state index in [9.17, 15) is 18.8 Å². The number of nitrogens with one attached hydrogen (secondary N) is 3. The van der Waals surface area contributed by atoms with Gasteiger partial charge in [0.25, 0.3) is 11.8 Å². The average Bonchev–Trinajstić information content (AvgIpc) is 3.06. The van der Waals surface area contributed by atoms with Gasteiger partial charge < -0.3 is 16.0 Å². The number of benzene rings is 5. The van der Waals surface area contributed by atoms with E-state index in [1.54, 1.807) is 48.5 Å². The molecule has 3 N–H and O–H groups in total. The van der Waals surface area contributed by atoms with Crippen molar-refractivity contribution in [3.8, 4) is 0 Å². The predicted molar refractivity (Wildman–Crippen MR) is 186 cm³/mol. The fourth-order valence-electron chi connectivity index (χ4n) is 4.29. The minimum absolute atomic E-state index is 0.0208. The van der Waals surface area contributed by atoms with E-state index >= 15 is 0 Å². The van der Waals surface area contributed by atoms with E-state index in [0.29, 0.717) is 22.5 Å². The third-order valence-electron chi connectivity index (χ3n) is 6.51. The zero-order valence-corrected chi connectivity index (χ0v) is 26.7. The molecule has 6 nitrogen and oxygen atoms in total. The lowest BCUT2D eigenvalue weighted by atomic mass is 10.1. The Bertz CT molecular complexity index is 1820. The molecule has 0 saturated carbocycles. The normalized spacial score (nSPS) is 11.7. The number of hydrogen-bond donors (Lipinski definition) is 3. The van der Waals surface area contributed by atoms with Crippen LogP contribution in [-0.4, -0.2) is 17.7 Å². The van der Waals surface area contributed by atoms with Gasteiger partial charge in [0.2, 0.25) is 5.91 Å². The summed E-state index contributed by atoms with van der Waals surface area (Å²) in [6.45, 7) is 0. The Morgan fingerprint density at radius 2 is 1.38 bits per heavy atom. The van der Waals surface area contributed by atoms with E-state index in [1.807, 2.05) is 60.7 Å². The maximum atomic E-state index is 13.5. The van der Waals surface area contributed by atoms with Crippen molar-refractivity contribution in [3.63, 3.8) is 0 Å². The van der Waals surface area contributed by atoms with Crippen molar-refractivity contribution >= 4 is 69.5 Å². The third-order valence-corrected chi connectivity index (χ3v) is 8.48. The van der Waals surface area contributed by atoms with Crippen molar-refractivity contribution in [1.29, 1.82) is 0 Å². The van der Waals surface area contributed by atoms with Crippen molar-refractivity contribution in [1.82, 2.24) is 5.32 Å². The molecule has 1 atom stereocenters. The first-order valence-corrected chi connectivity index (χ1v) is 15.8. The van der Waals surface area contributed by atoms with Crippen LogP contribution >= 0.6 is 34.4 Å². The number of halogens is 2. The summed E-state index contributed by atoms with van der Waals surface area (Å²) in [6.07, 6.45) is 1.48. The summed E-state index contributed by atoms with van der Waals surface area (Å²) in [5, 5.41) is 7.96. The number of carbonyl (C=O) groups is 3. The molecule has 0 aliphatic rings. The number of rotatable bonds is 10. The Balaban J connectivity index is 1.37. The fourth-order valence-corrected chi connectivity index (χ4v) is 5.73. The summed E-state index contributed by atoms with van der Waals surface area (Å²) in [5.74, 6) is -1.63. The van der Waals surface area contributed by atoms with Gasteiger partial charge in [-0.2, -0.15) is 0 Å². The molecule has 0 spiro atoms. The summed E-state index contributed by atoms with van der Waals surface area (Å²) in [6, 6.07) is 38.3. The average molecular weight is 728 g/mol. The summed E-state index contributed by atoms with van der Waals surface area (Å²) in [5.41, 5.74) is 2.88. The van der Waals surface area contributed by atoms with Crippen molar-refractivity contribution in [2.24, 2.45) is 0 Å². The third kappa shape index (κ3) is 9.13.